The smallest absolute Gasteiger partial charge is 0.177 e. The van der Waals surface area contributed by atoms with E-state index >= 15 is 0 Å². The van der Waals surface area contributed by atoms with Gasteiger partial charge < -0.3 is 0 Å². The van der Waals surface area contributed by atoms with E-state index in [1.54, 1.807) is 6.20 Å². The van der Waals surface area contributed by atoms with Crippen molar-refractivity contribution >= 4 is 21.6 Å². The fraction of sp³-hybridized carbons (Fsp3) is 0.312. The molecule has 3 aromatic rings. The van der Waals surface area contributed by atoms with Gasteiger partial charge in [0.15, 0.2) is 11.5 Å². The second-order valence-corrected chi connectivity index (χ2v) is 6.51. The molecule has 0 bridgehead atoms. The minimum atomic E-state index is 0.572. The summed E-state index contributed by atoms with van der Waals surface area (Å²) in [6, 6.07) is 12.3. The fourth-order valence-corrected chi connectivity index (χ4v) is 3.73. The van der Waals surface area contributed by atoms with Crippen LogP contribution < -0.4 is 0 Å². The maximum atomic E-state index is 4.33. The number of rotatable bonds is 3. The molecule has 0 saturated carbocycles. The van der Waals surface area contributed by atoms with E-state index in [1.165, 1.54) is 16.5 Å². The molecule has 1 aliphatic rings. The van der Waals surface area contributed by atoms with Crippen molar-refractivity contribution in [3.8, 4) is 0 Å². The molecular weight excluding hydrogens is 342 g/mol. The maximum absolute atomic E-state index is 4.33. The number of hydrogen-bond acceptors (Lipinski definition) is 4. The molecule has 0 amide bonds. The van der Waals surface area contributed by atoms with Crippen LogP contribution in [0, 0.1) is 0 Å². The van der Waals surface area contributed by atoms with Gasteiger partial charge in [-0.3, -0.25) is 4.90 Å². The summed E-state index contributed by atoms with van der Waals surface area (Å²) in [5.74, 6) is 1.48. The summed E-state index contributed by atoms with van der Waals surface area (Å²) < 4.78 is 3.03. The predicted octanol–water partition coefficient (Wildman–Crippen LogP) is 2.88. The van der Waals surface area contributed by atoms with Crippen LogP contribution in [0.4, 0.5) is 0 Å². The van der Waals surface area contributed by atoms with E-state index in [4.69, 9.17) is 0 Å². The molecule has 3 heterocycles. The van der Waals surface area contributed by atoms with E-state index in [2.05, 4.69) is 60.4 Å². The van der Waals surface area contributed by atoms with E-state index < -0.39 is 0 Å². The monoisotopic (exact) mass is 357 g/mol. The molecule has 1 atom stereocenters. The van der Waals surface area contributed by atoms with E-state index in [1.807, 2.05) is 16.6 Å². The van der Waals surface area contributed by atoms with Crippen molar-refractivity contribution in [2.75, 3.05) is 13.1 Å². The Morgan fingerprint density at radius 1 is 1.14 bits per heavy atom. The van der Waals surface area contributed by atoms with Crippen molar-refractivity contribution in [1.82, 2.24) is 24.7 Å². The number of fused-ring (bicyclic) bond motifs is 1. The van der Waals surface area contributed by atoms with E-state index in [-0.39, 0.29) is 0 Å². The largest absolute Gasteiger partial charge is 0.295 e. The molecule has 1 fully saturated rings. The average molecular weight is 358 g/mol. The van der Waals surface area contributed by atoms with Crippen molar-refractivity contribution in [2.45, 2.75) is 18.9 Å². The zero-order chi connectivity index (χ0) is 14.9. The molecule has 2 aromatic heterocycles. The zero-order valence-corrected chi connectivity index (χ0v) is 13.6. The van der Waals surface area contributed by atoms with Crippen molar-refractivity contribution in [3.05, 3.63) is 58.5 Å². The maximum Gasteiger partial charge on any atom is 0.177 e. The third-order valence-corrected chi connectivity index (χ3v) is 4.95. The van der Waals surface area contributed by atoms with E-state index in [9.17, 15) is 0 Å². The number of nitrogens with zero attached hydrogens (tertiary/aromatic N) is 5. The molecular formula is C16H16BrN5. The van der Waals surface area contributed by atoms with Crippen molar-refractivity contribution in [3.63, 3.8) is 0 Å². The molecule has 0 spiro atoms. The second-order valence-electron chi connectivity index (χ2n) is 5.65. The van der Waals surface area contributed by atoms with Crippen molar-refractivity contribution in [2.24, 2.45) is 0 Å². The van der Waals surface area contributed by atoms with E-state index in [0.29, 0.717) is 5.92 Å². The normalized spacial score (nSPS) is 19.0. The Morgan fingerprint density at radius 3 is 2.95 bits per heavy atom. The van der Waals surface area contributed by atoms with Gasteiger partial charge in [0.05, 0.1) is 6.54 Å². The molecule has 1 aromatic carbocycles. The Morgan fingerprint density at radius 2 is 2.05 bits per heavy atom. The first kappa shape index (κ1) is 13.8. The third kappa shape index (κ3) is 2.53. The fourth-order valence-electron chi connectivity index (χ4n) is 3.12. The molecule has 1 unspecified atom stereocenters. The Balaban J connectivity index is 1.51. The molecule has 1 saturated heterocycles. The SMILES string of the molecule is Brc1ccccc1C1CCN(Cc2nnc3cccnn23)C1. The third-order valence-electron chi connectivity index (χ3n) is 4.23. The summed E-state index contributed by atoms with van der Waals surface area (Å²) >= 11 is 3.66. The first-order valence-corrected chi connectivity index (χ1v) is 8.22. The molecule has 6 heteroatoms. The van der Waals surface area contributed by atoms with Gasteiger partial charge in [-0.05, 0) is 42.6 Å². The van der Waals surface area contributed by atoms with Crippen LogP contribution in [0.5, 0.6) is 0 Å². The highest BCUT2D eigenvalue weighted by atomic mass is 79.9. The summed E-state index contributed by atoms with van der Waals surface area (Å²) in [6.07, 6.45) is 2.94. The zero-order valence-electron chi connectivity index (χ0n) is 12.1. The number of hydrogen-bond donors (Lipinski definition) is 0. The van der Waals surface area contributed by atoms with Gasteiger partial charge in [0.1, 0.15) is 0 Å². The lowest BCUT2D eigenvalue weighted by atomic mass is 9.99. The lowest BCUT2D eigenvalue weighted by molar-refractivity contribution is 0.315. The number of halogens is 1. The predicted molar refractivity (Wildman–Crippen MR) is 87.6 cm³/mol. The van der Waals surface area contributed by atoms with Gasteiger partial charge in [0.25, 0.3) is 0 Å². The number of likely N-dealkylation sites (tertiary alicyclic amines) is 1. The van der Waals surface area contributed by atoms with Crippen LogP contribution in [0.15, 0.2) is 47.1 Å². The van der Waals surface area contributed by atoms with Gasteiger partial charge in [-0.2, -0.15) is 9.61 Å². The summed E-state index contributed by atoms with van der Waals surface area (Å²) in [5.41, 5.74) is 2.20. The lowest BCUT2D eigenvalue weighted by Gasteiger charge is -2.15. The quantitative estimate of drug-likeness (QED) is 0.722. The van der Waals surface area contributed by atoms with Crippen LogP contribution in [-0.4, -0.2) is 37.8 Å². The second kappa shape index (κ2) is 5.78. The Labute approximate surface area is 137 Å². The van der Waals surface area contributed by atoms with Crippen molar-refractivity contribution < 1.29 is 0 Å². The Kier molecular flexibility index (Phi) is 3.63. The summed E-state index contributed by atoms with van der Waals surface area (Å²) in [7, 11) is 0. The van der Waals surface area contributed by atoms with Gasteiger partial charge in [0.2, 0.25) is 0 Å². The van der Waals surface area contributed by atoms with Crippen LogP contribution in [0.1, 0.15) is 23.7 Å². The summed E-state index contributed by atoms with van der Waals surface area (Å²) in [6.45, 7) is 2.91. The van der Waals surface area contributed by atoms with Gasteiger partial charge in [0, 0.05) is 17.2 Å². The first-order chi connectivity index (χ1) is 10.8. The minimum Gasteiger partial charge on any atom is -0.295 e. The summed E-state index contributed by atoms with van der Waals surface area (Å²) in [5, 5.41) is 12.8. The first-order valence-electron chi connectivity index (χ1n) is 7.43. The highest BCUT2D eigenvalue weighted by molar-refractivity contribution is 9.10. The highest BCUT2D eigenvalue weighted by Gasteiger charge is 2.26. The van der Waals surface area contributed by atoms with Gasteiger partial charge >= 0.3 is 0 Å². The van der Waals surface area contributed by atoms with Crippen LogP contribution in [0.25, 0.3) is 5.65 Å². The van der Waals surface area contributed by atoms with Crippen LogP contribution in [-0.2, 0) is 6.54 Å². The lowest BCUT2D eigenvalue weighted by Crippen LogP contribution is -2.21. The van der Waals surface area contributed by atoms with Crippen molar-refractivity contribution in [1.29, 1.82) is 0 Å². The molecule has 1 aliphatic heterocycles. The minimum absolute atomic E-state index is 0.572. The molecule has 4 rings (SSSR count). The van der Waals surface area contributed by atoms with Crippen LogP contribution in [0.3, 0.4) is 0 Å². The van der Waals surface area contributed by atoms with Gasteiger partial charge in [-0.15, -0.1) is 10.2 Å². The Hall–Kier alpha value is -1.79. The number of benzene rings is 1. The molecule has 5 nitrogen and oxygen atoms in total. The molecule has 112 valence electrons. The molecule has 0 aliphatic carbocycles. The van der Waals surface area contributed by atoms with Gasteiger partial charge in [-0.1, -0.05) is 34.1 Å². The standard InChI is InChI=1S/C16H16BrN5/c17-14-5-2-1-4-13(14)12-7-9-21(10-12)11-16-20-19-15-6-3-8-18-22(15)16/h1-6,8,12H,7,9-11H2. The molecule has 0 radical (unpaired) electrons. The van der Waals surface area contributed by atoms with Gasteiger partial charge in [-0.25, -0.2) is 0 Å². The van der Waals surface area contributed by atoms with Crippen LogP contribution >= 0.6 is 15.9 Å². The summed E-state index contributed by atoms with van der Waals surface area (Å²) in [4.78, 5) is 2.43. The molecule has 22 heavy (non-hydrogen) atoms. The highest BCUT2D eigenvalue weighted by Crippen LogP contribution is 2.32. The molecule has 0 N–H and O–H groups in total. The average Bonchev–Trinajstić information content (AvgIpc) is 3.16. The number of aromatic nitrogens is 4. The topological polar surface area (TPSA) is 46.3 Å². The van der Waals surface area contributed by atoms with Crippen LogP contribution in [0.2, 0.25) is 0 Å². The van der Waals surface area contributed by atoms with E-state index in [0.717, 1.165) is 31.1 Å². The Bertz CT molecular complexity index is 800.